The van der Waals surface area contributed by atoms with Gasteiger partial charge in [-0.1, -0.05) is 0 Å². The Balaban J connectivity index is 3.32. The van der Waals surface area contributed by atoms with Crippen molar-refractivity contribution in [2.24, 2.45) is 0 Å². The standard InChI is InChI=1S/C6H6N2O3/c7-3-1-8-2-4(9)5(3)6(10)11/h1-2,9H,7H2,(H,10,11). The van der Waals surface area contributed by atoms with E-state index in [4.69, 9.17) is 15.9 Å². The highest BCUT2D eigenvalue weighted by Gasteiger charge is 2.12. The summed E-state index contributed by atoms with van der Waals surface area (Å²) in [6, 6.07) is 0. The number of anilines is 1. The van der Waals surface area contributed by atoms with Gasteiger partial charge in [-0.2, -0.15) is 0 Å². The Bertz CT molecular complexity index is 278. The minimum absolute atomic E-state index is 0.0440. The molecule has 0 spiro atoms. The van der Waals surface area contributed by atoms with Crippen LogP contribution in [-0.2, 0) is 0 Å². The van der Waals surface area contributed by atoms with Crippen molar-refractivity contribution in [3.8, 4) is 5.75 Å². The molecule has 1 heterocycles. The fourth-order valence-electron chi connectivity index (χ4n) is 0.698. The van der Waals surface area contributed by atoms with Crippen molar-refractivity contribution in [3.63, 3.8) is 0 Å². The SMILES string of the molecule is Nc1cncc(O)c1C(=O)O. The van der Waals surface area contributed by atoms with E-state index >= 15 is 0 Å². The monoisotopic (exact) mass is 154 g/mol. The first-order valence-corrected chi connectivity index (χ1v) is 2.78. The zero-order chi connectivity index (χ0) is 8.43. The summed E-state index contributed by atoms with van der Waals surface area (Å²) in [6.45, 7) is 0. The number of nitrogens with zero attached hydrogens (tertiary/aromatic N) is 1. The van der Waals surface area contributed by atoms with Gasteiger partial charge in [-0.05, 0) is 0 Å². The topological polar surface area (TPSA) is 96.4 Å². The molecule has 11 heavy (non-hydrogen) atoms. The lowest BCUT2D eigenvalue weighted by atomic mass is 10.2. The lowest BCUT2D eigenvalue weighted by Gasteiger charge is -2.00. The van der Waals surface area contributed by atoms with E-state index in [0.717, 1.165) is 6.20 Å². The summed E-state index contributed by atoms with van der Waals surface area (Å²) in [5.41, 5.74) is 4.87. The van der Waals surface area contributed by atoms with Crippen LogP contribution in [0.3, 0.4) is 0 Å². The third kappa shape index (κ3) is 1.21. The van der Waals surface area contributed by atoms with Crippen LogP contribution in [0, 0.1) is 0 Å². The lowest BCUT2D eigenvalue weighted by Crippen LogP contribution is -2.02. The second-order valence-corrected chi connectivity index (χ2v) is 1.93. The number of hydrogen-bond donors (Lipinski definition) is 3. The normalized spacial score (nSPS) is 9.45. The molecule has 0 bridgehead atoms. The maximum Gasteiger partial charge on any atom is 0.341 e. The van der Waals surface area contributed by atoms with Crippen LogP contribution < -0.4 is 5.73 Å². The lowest BCUT2D eigenvalue weighted by molar-refractivity contribution is 0.0695. The van der Waals surface area contributed by atoms with Crippen LogP contribution in [0.15, 0.2) is 12.4 Å². The van der Waals surface area contributed by atoms with Crippen molar-refractivity contribution in [2.45, 2.75) is 0 Å². The van der Waals surface area contributed by atoms with Gasteiger partial charge in [0.05, 0.1) is 18.1 Å². The van der Waals surface area contributed by atoms with Crippen LogP contribution in [0.25, 0.3) is 0 Å². The summed E-state index contributed by atoms with van der Waals surface area (Å²) in [7, 11) is 0. The number of carboxylic acids is 1. The van der Waals surface area contributed by atoms with E-state index in [1.807, 2.05) is 0 Å². The molecule has 0 saturated carbocycles. The van der Waals surface area contributed by atoms with E-state index in [0.29, 0.717) is 0 Å². The predicted molar refractivity (Wildman–Crippen MR) is 37.3 cm³/mol. The van der Waals surface area contributed by atoms with Crippen LogP contribution in [0.1, 0.15) is 10.4 Å². The minimum Gasteiger partial charge on any atom is -0.505 e. The zero-order valence-electron chi connectivity index (χ0n) is 5.48. The van der Waals surface area contributed by atoms with Crippen molar-refractivity contribution in [3.05, 3.63) is 18.0 Å². The highest BCUT2D eigenvalue weighted by atomic mass is 16.4. The Morgan fingerprint density at radius 1 is 1.55 bits per heavy atom. The fraction of sp³-hybridized carbons (Fsp3) is 0. The molecule has 5 heteroatoms. The van der Waals surface area contributed by atoms with Crippen LogP contribution in [-0.4, -0.2) is 21.2 Å². The van der Waals surface area contributed by atoms with Gasteiger partial charge in [-0.3, -0.25) is 4.98 Å². The van der Waals surface area contributed by atoms with Crippen LogP contribution in [0.4, 0.5) is 5.69 Å². The van der Waals surface area contributed by atoms with Crippen molar-refractivity contribution in [1.82, 2.24) is 4.98 Å². The Labute approximate surface area is 62.1 Å². The van der Waals surface area contributed by atoms with Crippen molar-refractivity contribution < 1.29 is 15.0 Å². The summed E-state index contributed by atoms with van der Waals surface area (Å²) in [5.74, 6) is -1.68. The number of carbonyl (C=O) groups is 1. The molecule has 0 aliphatic carbocycles. The summed E-state index contributed by atoms with van der Waals surface area (Å²) in [4.78, 5) is 13.9. The first-order chi connectivity index (χ1) is 5.13. The Morgan fingerprint density at radius 3 is 2.55 bits per heavy atom. The maximum absolute atomic E-state index is 10.4. The van der Waals surface area contributed by atoms with Gasteiger partial charge in [0.25, 0.3) is 0 Å². The molecule has 0 aromatic carbocycles. The number of aromatic nitrogens is 1. The molecule has 0 fully saturated rings. The number of nitrogens with two attached hydrogens (primary N) is 1. The number of pyridine rings is 1. The molecule has 1 rings (SSSR count). The second kappa shape index (κ2) is 2.45. The molecule has 0 radical (unpaired) electrons. The first kappa shape index (κ1) is 7.33. The molecule has 0 atom stereocenters. The molecule has 58 valence electrons. The molecule has 0 saturated heterocycles. The fourth-order valence-corrected chi connectivity index (χ4v) is 0.698. The van der Waals surface area contributed by atoms with Crippen LogP contribution in [0.2, 0.25) is 0 Å². The molecule has 1 aromatic rings. The number of nitrogen functional groups attached to an aromatic ring is 1. The third-order valence-electron chi connectivity index (χ3n) is 1.17. The molecular formula is C6H6N2O3. The summed E-state index contributed by atoms with van der Waals surface area (Å²) >= 11 is 0. The largest absolute Gasteiger partial charge is 0.505 e. The zero-order valence-corrected chi connectivity index (χ0v) is 5.48. The molecule has 0 amide bonds. The van der Waals surface area contributed by atoms with Gasteiger partial charge < -0.3 is 15.9 Å². The van der Waals surface area contributed by atoms with Crippen LogP contribution in [0.5, 0.6) is 5.75 Å². The Kier molecular flexibility index (Phi) is 1.63. The van der Waals surface area contributed by atoms with E-state index < -0.39 is 11.7 Å². The molecule has 0 unspecified atom stereocenters. The average molecular weight is 154 g/mol. The van der Waals surface area contributed by atoms with Crippen molar-refractivity contribution in [1.29, 1.82) is 0 Å². The number of aromatic hydroxyl groups is 1. The molecule has 1 aromatic heterocycles. The molecule has 4 N–H and O–H groups in total. The quantitative estimate of drug-likeness (QED) is 0.531. The van der Waals surface area contributed by atoms with Gasteiger partial charge in [0, 0.05) is 0 Å². The van der Waals surface area contributed by atoms with Crippen molar-refractivity contribution >= 4 is 11.7 Å². The van der Waals surface area contributed by atoms with Gasteiger partial charge in [-0.25, -0.2) is 4.79 Å². The van der Waals surface area contributed by atoms with Gasteiger partial charge in [0.15, 0.2) is 5.75 Å². The average Bonchev–Trinajstić information content (AvgIpc) is 1.85. The Morgan fingerprint density at radius 2 is 2.18 bits per heavy atom. The highest BCUT2D eigenvalue weighted by Crippen LogP contribution is 2.20. The summed E-state index contributed by atoms with van der Waals surface area (Å²) in [6.07, 6.45) is 2.20. The molecular weight excluding hydrogens is 148 g/mol. The number of hydrogen-bond acceptors (Lipinski definition) is 4. The first-order valence-electron chi connectivity index (χ1n) is 2.78. The van der Waals surface area contributed by atoms with Gasteiger partial charge in [-0.15, -0.1) is 0 Å². The summed E-state index contributed by atoms with van der Waals surface area (Å²) < 4.78 is 0. The number of rotatable bonds is 1. The minimum atomic E-state index is -1.26. The Hall–Kier alpha value is -1.78. The van der Waals surface area contributed by atoms with Gasteiger partial charge >= 0.3 is 5.97 Å². The number of carboxylic acid groups (broad SMARTS) is 1. The predicted octanol–water partition coefficient (Wildman–Crippen LogP) is 0.0676. The van der Waals surface area contributed by atoms with E-state index in [9.17, 15) is 4.79 Å². The third-order valence-corrected chi connectivity index (χ3v) is 1.17. The van der Waals surface area contributed by atoms with E-state index in [1.165, 1.54) is 6.20 Å². The number of aromatic carboxylic acids is 1. The van der Waals surface area contributed by atoms with Crippen molar-refractivity contribution in [2.75, 3.05) is 5.73 Å². The molecule has 0 aliphatic heterocycles. The van der Waals surface area contributed by atoms with Crippen LogP contribution >= 0.6 is 0 Å². The van der Waals surface area contributed by atoms with Gasteiger partial charge in [0.1, 0.15) is 5.56 Å². The van der Waals surface area contributed by atoms with E-state index in [1.54, 1.807) is 0 Å². The molecule has 5 nitrogen and oxygen atoms in total. The molecule has 0 aliphatic rings. The highest BCUT2D eigenvalue weighted by molar-refractivity contribution is 5.96. The summed E-state index contributed by atoms with van der Waals surface area (Å²) in [5, 5.41) is 17.4. The van der Waals surface area contributed by atoms with Gasteiger partial charge in [0.2, 0.25) is 0 Å². The van der Waals surface area contributed by atoms with E-state index in [-0.39, 0.29) is 11.3 Å². The van der Waals surface area contributed by atoms with E-state index in [2.05, 4.69) is 4.98 Å². The smallest absolute Gasteiger partial charge is 0.341 e. The second-order valence-electron chi connectivity index (χ2n) is 1.93. The maximum atomic E-state index is 10.4.